The molecule has 0 fully saturated rings. The fourth-order valence-electron chi connectivity index (χ4n) is 3.04. The van der Waals surface area contributed by atoms with Crippen LogP contribution in [0.5, 0.6) is 11.5 Å². The van der Waals surface area contributed by atoms with Crippen molar-refractivity contribution in [3.8, 4) is 23.6 Å². The Morgan fingerprint density at radius 2 is 2.11 bits per heavy atom. The Bertz CT molecular complexity index is 1010. The van der Waals surface area contributed by atoms with Crippen LogP contribution in [-0.2, 0) is 17.6 Å². The van der Waals surface area contributed by atoms with Gasteiger partial charge >= 0.3 is 0 Å². The summed E-state index contributed by atoms with van der Waals surface area (Å²) in [6.45, 7) is 0. The summed E-state index contributed by atoms with van der Waals surface area (Å²) in [4.78, 5) is 13.7. The number of carbonyl (C=O) groups is 1. The largest absolute Gasteiger partial charge is 0.504 e. The van der Waals surface area contributed by atoms with Crippen LogP contribution in [0.25, 0.3) is 6.08 Å². The van der Waals surface area contributed by atoms with E-state index in [2.05, 4.69) is 11.4 Å². The summed E-state index contributed by atoms with van der Waals surface area (Å²) in [5, 5.41) is 31.7. The number of carbonyl (C=O) groups excluding carboxylic acids is 1. The minimum Gasteiger partial charge on any atom is -0.504 e. The Hall–Kier alpha value is -3.29. The van der Waals surface area contributed by atoms with E-state index >= 15 is 0 Å². The number of hydrogen-bond donors (Lipinski definition) is 2. The van der Waals surface area contributed by atoms with Gasteiger partial charge in [-0.2, -0.15) is 10.5 Å². The van der Waals surface area contributed by atoms with Crippen molar-refractivity contribution in [2.75, 3.05) is 12.4 Å². The molecule has 0 saturated heterocycles. The monoisotopic (exact) mass is 379 g/mol. The van der Waals surface area contributed by atoms with Crippen LogP contribution >= 0.6 is 11.3 Å². The summed E-state index contributed by atoms with van der Waals surface area (Å²) in [7, 11) is 1.42. The van der Waals surface area contributed by atoms with Crippen molar-refractivity contribution in [2.24, 2.45) is 0 Å². The topological polar surface area (TPSA) is 106 Å². The molecular weight excluding hydrogens is 362 g/mol. The molecule has 1 aliphatic rings. The average molecular weight is 379 g/mol. The molecule has 1 heterocycles. The molecule has 7 heteroatoms. The number of phenols is 1. The molecule has 3 rings (SSSR count). The number of aromatic hydroxyl groups is 1. The van der Waals surface area contributed by atoms with Gasteiger partial charge in [-0.15, -0.1) is 11.3 Å². The maximum absolute atomic E-state index is 12.6. The maximum atomic E-state index is 12.6. The highest BCUT2D eigenvalue weighted by Crippen LogP contribution is 2.37. The number of aryl methyl sites for hydroxylation is 1. The predicted molar refractivity (Wildman–Crippen MR) is 103 cm³/mol. The van der Waals surface area contributed by atoms with Gasteiger partial charge in [-0.1, -0.05) is 6.07 Å². The Kier molecular flexibility index (Phi) is 5.44. The Morgan fingerprint density at radius 1 is 1.33 bits per heavy atom. The summed E-state index contributed by atoms with van der Waals surface area (Å²) in [6.07, 6.45) is 5.30. The summed E-state index contributed by atoms with van der Waals surface area (Å²) >= 11 is 1.41. The van der Waals surface area contributed by atoms with Gasteiger partial charge in [0.05, 0.1) is 12.7 Å². The highest BCUT2D eigenvalue weighted by molar-refractivity contribution is 7.16. The molecule has 1 aromatic heterocycles. The molecule has 27 heavy (non-hydrogen) atoms. The molecule has 0 saturated carbocycles. The first kappa shape index (κ1) is 18.5. The second kappa shape index (κ2) is 7.94. The van der Waals surface area contributed by atoms with E-state index in [0.29, 0.717) is 16.1 Å². The number of methoxy groups -OCH3 is 1. The second-order valence-corrected chi connectivity index (χ2v) is 7.19. The normalized spacial score (nSPS) is 13.2. The number of thiophene rings is 1. The van der Waals surface area contributed by atoms with Crippen molar-refractivity contribution < 1.29 is 14.6 Å². The molecule has 1 aliphatic carbocycles. The molecule has 0 atom stereocenters. The number of benzene rings is 1. The average Bonchev–Trinajstić information content (AvgIpc) is 3.03. The fourth-order valence-corrected chi connectivity index (χ4v) is 4.28. The van der Waals surface area contributed by atoms with Gasteiger partial charge in [0.15, 0.2) is 11.5 Å². The van der Waals surface area contributed by atoms with Crippen molar-refractivity contribution in [1.82, 2.24) is 0 Å². The van der Waals surface area contributed by atoms with Crippen molar-refractivity contribution >= 4 is 28.3 Å². The highest BCUT2D eigenvalue weighted by Gasteiger charge is 2.22. The molecule has 0 radical (unpaired) electrons. The second-order valence-electron chi connectivity index (χ2n) is 6.08. The van der Waals surface area contributed by atoms with Gasteiger partial charge < -0.3 is 15.2 Å². The molecule has 1 aromatic carbocycles. The first-order valence-electron chi connectivity index (χ1n) is 8.42. The van der Waals surface area contributed by atoms with Crippen molar-refractivity contribution in [1.29, 1.82) is 10.5 Å². The molecule has 0 aliphatic heterocycles. The number of ether oxygens (including phenoxy) is 1. The van der Waals surface area contributed by atoms with Crippen LogP contribution in [-0.4, -0.2) is 18.1 Å². The number of fused-ring (bicyclic) bond motifs is 1. The van der Waals surface area contributed by atoms with Crippen LogP contribution in [0.3, 0.4) is 0 Å². The van der Waals surface area contributed by atoms with Gasteiger partial charge in [0.1, 0.15) is 22.7 Å². The number of hydrogen-bond acceptors (Lipinski definition) is 6. The van der Waals surface area contributed by atoms with Crippen LogP contribution in [0.15, 0.2) is 23.8 Å². The van der Waals surface area contributed by atoms with Gasteiger partial charge in [-0.05, 0) is 55.0 Å². The molecule has 0 unspecified atom stereocenters. The molecular formula is C20H17N3O3S. The maximum Gasteiger partial charge on any atom is 0.266 e. The van der Waals surface area contributed by atoms with Crippen LogP contribution < -0.4 is 10.1 Å². The minimum absolute atomic E-state index is 0.0274. The number of nitrogens with zero attached hydrogens (tertiary/aromatic N) is 2. The summed E-state index contributed by atoms with van der Waals surface area (Å²) in [5.41, 5.74) is 1.97. The molecule has 2 N–H and O–H groups in total. The van der Waals surface area contributed by atoms with Crippen LogP contribution in [0, 0.1) is 22.7 Å². The van der Waals surface area contributed by atoms with E-state index in [-0.39, 0.29) is 17.1 Å². The predicted octanol–water partition coefficient (Wildman–Crippen LogP) is 3.76. The van der Waals surface area contributed by atoms with Gasteiger partial charge in [-0.25, -0.2) is 0 Å². The lowest BCUT2D eigenvalue weighted by atomic mass is 9.96. The van der Waals surface area contributed by atoms with E-state index in [9.17, 15) is 20.4 Å². The standard InChI is InChI=1S/C20H17N3O3S/c1-26-17-9-12(6-7-16(17)24)8-13(10-21)19(25)23-20-15(11-22)14-4-2-3-5-18(14)27-20/h6-9,24H,2-5H2,1H3,(H,23,25)/b13-8+. The molecule has 0 spiro atoms. The Labute approximate surface area is 160 Å². The Morgan fingerprint density at radius 3 is 2.81 bits per heavy atom. The molecule has 1 amide bonds. The number of amides is 1. The van der Waals surface area contributed by atoms with Gasteiger partial charge in [-0.3, -0.25) is 4.79 Å². The lowest BCUT2D eigenvalue weighted by Crippen LogP contribution is -2.13. The van der Waals surface area contributed by atoms with E-state index in [1.165, 1.54) is 36.7 Å². The molecule has 6 nitrogen and oxygen atoms in total. The molecule has 136 valence electrons. The van der Waals surface area contributed by atoms with Crippen molar-refractivity contribution in [3.05, 3.63) is 45.3 Å². The van der Waals surface area contributed by atoms with Crippen molar-refractivity contribution in [2.45, 2.75) is 25.7 Å². The highest BCUT2D eigenvalue weighted by atomic mass is 32.1. The molecule has 0 bridgehead atoms. The lowest BCUT2D eigenvalue weighted by molar-refractivity contribution is -0.112. The van der Waals surface area contributed by atoms with Crippen molar-refractivity contribution in [3.63, 3.8) is 0 Å². The SMILES string of the molecule is COc1cc(/C=C(\C#N)C(=O)Nc2sc3c(c2C#N)CCCC3)ccc1O. The first-order chi connectivity index (χ1) is 13.1. The number of nitriles is 2. The number of anilines is 1. The zero-order valence-electron chi connectivity index (χ0n) is 14.7. The summed E-state index contributed by atoms with van der Waals surface area (Å²) in [6, 6.07) is 8.61. The van der Waals surface area contributed by atoms with E-state index in [1.54, 1.807) is 6.07 Å². The number of nitrogens with one attached hydrogen (secondary N) is 1. The Balaban J connectivity index is 1.88. The zero-order chi connectivity index (χ0) is 19.4. The van der Waals surface area contributed by atoms with E-state index in [1.807, 2.05) is 6.07 Å². The van der Waals surface area contributed by atoms with E-state index in [0.717, 1.165) is 36.1 Å². The van der Waals surface area contributed by atoms with Crippen LogP contribution in [0.2, 0.25) is 0 Å². The third-order valence-corrected chi connectivity index (χ3v) is 5.60. The van der Waals surface area contributed by atoms with Gasteiger partial charge in [0.2, 0.25) is 0 Å². The summed E-state index contributed by atoms with van der Waals surface area (Å²) in [5.74, 6) is -0.348. The minimum atomic E-state index is -0.570. The molecule has 2 aromatic rings. The smallest absolute Gasteiger partial charge is 0.266 e. The third-order valence-electron chi connectivity index (χ3n) is 4.39. The third kappa shape index (κ3) is 3.79. The van der Waals surface area contributed by atoms with E-state index in [4.69, 9.17) is 4.74 Å². The van der Waals surface area contributed by atoms with Crippen LogP contribution in [0.4, 0.5) is 5.00 Å². The first-order valence-corrected chi connectivity index (χ1v) is 9.23. The summed E-state index contributed by atoms with van der Waals surface area (Å²) < 4.78 is 5.04. The van der Waals surface area contributed by atoms with Gasteiger partial charge in [0.25, 0.3) is 5.91 Å². The quantitative estimate of drug-likeness (QED) is 0.621. The zero-order valence-corrected chi connectivity index (χ0v) is 15.5. The van der Waals surface area contributed by atoms with Gasteiger partial charge in [0, 0.05) is 4.88 Å². The number of phenolic OH excluding ortho intramolecular Hbond substituents is 1. The number of rotatable bonds is 4. The van der Waals surface area contributed by atoms with Crippen LogP contribution in [0.1, 0.15) is 34.4 Å². The van der Waals surface area contributed by atoms with E-state index < -0.39 is 5.91 Å². The fraction of sp³-hybridized carbons (Fsp3) is 0.250. The lowest BCUT2D eigenvalue weighted by Gasteiger charge is -2.09.